The van der Waals surface area contributed by atoms with Gasteiger partial charge >= 0.3 is 0 Å². The van der Waals surface area contributed by atoms with Gasteiger partial charge in [0.25, 0.3) is 0 Å². The molecule has 0 aliphatic carbocycles. The van der Waals surface area contributed by atoms with E-state index < -0.39 is 15.9 Å². The highest BCUT2D eigenvalue weighted by molar-refractivity contribution is 7.91. The Morgan fingerprint density at radius 1 is 1.53 bits per heavy atom. The normalized spacial score (nSPS) is 24.9. The third-order valence-electron chi connectivity index (χ3n) is 3.82. The van der Waals surface area contributed by atoms with Crippen LogP contribution in [-0.2, 0) is 14.6 Å². The van der Waals surface area contributed by atoms with E-state index in [0.29, 0.717) is 6.42 Å². The molecule has 112 valence electrons. The van der Waals surface area contributed by atoms with Crippen LogP contribution in [0.5, 0.6) is 0 Å². The lowest BCUT2D eigenvalue weighted by atomic mass is 9.98. The summed E-state index contributed by atoms with van der Waals surface area (Å²) < 4.78 is 23.0. The lowest BCUT2D eigenvalue weighted by Crippen LogP contribution is -2.52. The Hall–Kier alpha value is -0.660. The smallest absolute Gasteiger partial charge is 0.240 e. The number of aliphatic hydroxyl groups excluding tert-OH is 1. The quantitative estimate of drug-likeness (QED) is 0.678. The van der Waals surface area contributed by atoms with Crippen molar-refractivity contribution in [3.05, 3.63) is 0 Å². The summed E-state index contributed by atoms with van der Waals surface area (Å²) in [6, 6.07) is -0.986. The molecule has 0 saturated carbocycles. The van der Waals surface area contributed by atoms with Crippen LogP contribution in [0.1, 0.15) is 26.7 Å². The van der Waals surface area contributed by atoms with E-state index in [0.717, 1.165) is 6.42 Å². The van der Waals surface area contributed by atoms with E-state index in [4.69, 9.17) is 10.8 Å². The molecule has 1 fully saturated rings. The van der Waals surface area contributed by atoms with Crippen LogP contribution < -0.4 is 5.73 Å². The van der Waals surface area contributed by atoms with Crippen LogP contribution in [0.4, 0.5) is 0 Å². The highest BCUT2D eigenvalue weighted by Crippen LogP contribution is 2.19. The minimum Gasteiger partial charge on any atom is -0.395 e. The van der Waals surface area contributed by atoms with Gasteiger partial charge in [-0.25, -0.2) is 8.42 Å². The Labute approximate surface area is 114 Å². The number of carbonyl (C=O) groups excluding carboxylic acids is 1. The van der Waals surface area contributed by atoms with E-state index in [1.54, 1.807) is 0 Å². The van der Waals surface area contributed by atoms with E-state index >= 15 is 0 Å². The first-order valence-corrected chi connectivity index (χ1v) is 8.51. The van der Waals surface area contributed by atoms with E-state index in [1.165, 1.54) is 4.90 Å². The second kappa shape index (κ2) is 6.67. The molecule has 1 rings (SSSR count). The molecule has 1 aliphatic heterocycles. The van der Waals surface area contributed by atoms with Crippen molar-refractivity contribution in [2.75, 3.05) is 24.7 Å². The van der Waals surface area contributed by atoms with E-state index in [1.807, 2.05) is 13.8 Å². The number of nitrogens with two attached hydrogens (primary N) is 1. The van der Waals surface area contributed by atoms with Crippen LogP contribution in [-0.4, -0.2) is 61.1 Å². The number of carbonyl (C=O) groups is 1. The molecule has 0 aromatic carbocycles. The van der Waals surface area contributed by atoms with Crippen LogP contribution in [0.25, 0.3) is 0 Å². The lowest BCUT2D eigenvalue weighted by Gasteiger charge is -2.31. The molecule has 0 radical (unpaired) electrons. The maximum absolute atomic E-state index is 12.3. The van der Waals surface area contributed by atoms with Crippen molar-refractivity contribution in [2.45, 2.75) is 38.8 Å². The standard InChI is InChI=1S/C12H24N2O4S/c1-3-9(2)11(13)12(16)14(5-6-15)10-4-7-19(17,18)8-10/h9-11,15H,3-8,13H2,1-2H3/t9-,10?,11-/m0/s1. The zero-order chi connectivity index (χ0) is 14.6. The number of amides is 1. The second-order valence-corrected chi connectivity index (χ2v) is 7.45. The number of hydrogen-bond acceptors (Lipinski definition) is 5. The number of rotatable bonds is 6. The fourth-order valence-corrected chi connectivity index (χ4v) is 4.02. The largest absolute Gasteiger partial charge is 0.395 e. The Balaban J connectivity index is 2.80. The van der Waals surface area contributed by atoms with Crippen molar-refractivity contribution in [1.29, 1.82) is 0 Å². The molecule has 1 heterocycles. The average Bonchev–Trinajstić information content (AvgIpc) is 2.73. The van der Waals surface area contributed by atoms with Crippen molar-refractivity contribution >= 4 is 15.7 Å². The van der Waals surface area contributed by atoms with Crippen molar-refractivity contribution in [3.63, 3.8) is 0 Å². The van der Waals surface area contributed by atoms with Gasteiger partial charge in [0.05, 0.1) is 24.2 Å². The number of sulfone groups is 1. The van der Waals surface area contributed by atoms with Crippen LogP contribution in [0.2, 0.25) is 0 Å². The average molecular weight is 292 g/mol. The van der Waals surface area contributed by atoms with Gasteiger partial charge in [0, 0.05) is 12.6 Å². The Kier molecular flexibility index (Phi) is 5.76. The summed E-state index contributed by atoms with van der Waals surface area (Å²) in [5, 5.41) is 9.07. The molecule has 3 atom stereocenters. The Bertz CT molecular complexity index is 410. The summed E-state index contributed by atoms with van der Waals surface area (Å²) in [5.41, 5.74) is 5.92. The van der Waals surface area contributed by atoms with Crippen LogP contribution in [0, 0.1) is 5.92 Å². The van der Waals surface area contributed by atoms with Gasteiger partial charge < -0.3 is 15.7 Å². The first kappa shape index (κ1) is 16.4. The highest BCUT2D eigenvalue weighted by atomic mass is 32.2. The predicted molar refractivity (Wildman–Crippen MR) is 73.3 cm³/mol. The summed E-state index contributed by atoms with van der Waals surface area (Å²) in [5.74, 6) is -0.144. The topological polar surface area (TPSA) is 101 Å². The molecule has 3 N–H and O–H groups in total. The summed E-state index contributed by atoms with van der Waals surface area (Å²) >= 11 is 0. The molecule has 1 saturated heterocycles. The zero-order valence-corrected chi connectivity index (χ0v) is 12.4. The number of nitrogens with zero attached hydrogens (tertiary/aromatic N) is 1. The molecule has 7 heteroatoms. The van der Waals surface area contributed by atoms with Gasteiger partial charge in [-0.05, 0) is 12.3 Å². The molecule has 0 bridgehead atoms. The van der Waals surface area contributed by atoms with Crippen molar-refractivity contribution < 1.29 is 18.3 Å². The third-order valence-corrected chi connectivity index (χ3v) is 5.57. The molecule has 6 nitrogen and oxygen atoms in total. The van der Waals surface area contributed by atoms with E-state index in [9.17, 15) is 13.2 Å². The first-order chi connectivity index (χ1) is 8.82. The fraction of sp³-hybridized carbons (Fsp3) is 0.917. The summed E-state index contributed by atoms with van der Waals surface area (Å²) in [7, 11) is -3.06. The molecular weight excluding hydrogens is 268 g/mol. The van der Waals surface area contributed by atoms with Crippen LogP contribution in [0.3, 0.4) is 0 Å². The van der Waals surface area contributed by atoms with Crippen molar-refractivity contribution in [1.82, 2.24) is 4.90 Å². The molecule has 19 heavy (non-hydrogen) atoms. The maximum atomic E-state index is 12.3. The fourth-order valence-electron chi connectivity index (χ4n) is 2.29. The molecule has 0 aromatic heterocycles. The van der Waals surface area contributed by atoms with Crippen LogP contribution in [0.15, 0.2) is 0 Å². The Morgan fingerprint density at radius 3 is 2.58 bits per heavy atom. The highest BCUT2D eigenvalue weighted by Gasteiger charge is 2.36. The SMILES string of the molecule is CC[C@H](C)[C@H](N)C(=O)N(CCO)C1CCS(=O)(=O)C1. The van der Waals surface area contributed by atoms with Gasteiger partial charge in [-0.2, -0.15) is 0 Å². The molecule has 0 spiro atoms. The lowest BCUT2D eigenvalue weighted by molar-refractivity contribution is -0.136. The summed E-state index contributed by atoms with van der Waals surface area (Å²) in [6.45, 7) is 3.80. The van der Waals surface area contributed by atoms with Gasteiger partial charge in [-0.1, -0.05) is 20.3 Å². The van der Waals surface area contributed by atoms with Gasteiger partial charge in [-0.15, -0.1) is 0 Å². The second-order valence-electron chi connectivity index (χ2n) is 5.22. The Morgan fingerprint density at radius 2 is 2.16 bits per heavy atom. The molecular formula is C12H24N2O4S. The molecule has 1 aliphatic rings. The molecule has 0 aromatic rings. The van der Waals surface area contributed by atoms with Crippen LogP contribution >= 0.6 is 0 Å². The molecule has 1 unspecified atom stereocenters. The first-order valence-electron chi connectivity index (χ1n) is 6.69. The van der Waals surface area contributed by atoms with Crippen molar-refractivity contribution in [2.24, 2.45) is 11.7 Å². The monoisotopic (exact) mass is 292 g/mol. The zero-order valence-electron chi connectivity index (χ0n) is 11.6. The third kappa shape index (κ3) is 4.15. The van der Waals surface area contributed by atoms with Gasteiger partial charge in [-0.3, -0.25) is 4.79 Å². The minimum absolute atomic E-state index is 0.0219. The van der Waals surface area contributed by atoms with E-state index in [-0.39, 0.29) is 42.5 Å². The number of hydrogen-bond donors (Lipinski definition) is 2. The minimum atomic E-state index is -3.06. The maximum Gasteiger partial charge on any atom is 0.240 e. The summed E-state index contributed by atoms with van der Waals surface area (Å²) in [4.78, 5) is 13.8. The van der Waals surface area contributed by atoms with Crippen molar-refractivity contribution in [3.8, 4) is 0 Å². The predicted octanol–water partition coefficient (Wildman–Crippen LogP) is -0.632. The van der Waals surface area contributed by atoms with Gasteiger partial charge in [0.2, 0.25) is 5.91 Å². The summed E-state index contributed by atoms with van der Waals surface area (Å²) in [6.07, 6.45) is 1.21. The molecule has 1 amide bonds. The van der Waals surface area contributed by atoms with Gasteiger partial charge in [0.15, 0.2) is 9.84 Å². The van der Waals surface area contributed by atoms with Gasteiger partial charge in [0.1, 0.15) is 0 Å². The number of aliphatic hydroxyl groups is 1. The van der Waals surface area contributed by atoms with E-state index in [2.05, 4.69) is 0 Å².